The standard InChI is InChI=1S/C8H6ClF5N2O3S/c9-2-3-1-4(20(15,17)18)16-7(5(3)6(10)11)19-8(12,13)14/h1,6H,2H2,(H2,15,17,18). The number of nitrogens with zero attached hydrogens (tertiary/aromatic N) is 1. The fourth-order valence-electron chi connectivity index (χ4n) is 1.23. The first kappa shape index (κ1) is 16.9. The van der Waals surface area contributed by atoms with E-state index in [1.807, 2.05) is 0 Å². The van der Waals surface area contributed by atoms with Crippen LogP contribution >= 0.6 is 11.6 Å². The molecule has 0 aliphatic carbocycles. The maximum Gasteiger partial charge on any atom is 0.574 e. The third-order valence-corrected chi connectivity index (χ3v) is 3.03. The highest BCUT2D eigenvalue weighted by Gasteiger charge is 2.36. The van der Waals surface area contributed by atoms with Crippen molar-refractivity contribution in [3.8, 4) is 5.88 Å². The lowest BCUT2D eigenvalue weighted by Crippen LogP contribution is -2.22. The normalized spacial score (nSPS) is 12.8. The van der Waals surface area contributed by atoms with Gasteiger partial charge in [-0.15, -0.1) is 24.8 Å². The van der Waals surface area contributed by atoms with Crippen molar-refractivity contribution >= 4 is 21.6 Å². The van der Waals surface area contributed by atoms with E-state index < -0.39 is 50.7 Å². The molecule has 20 heavy (non-hydrogen) atoms. The highest BCUT2D eigenvalue weighted by atomic mass is 35.5. The van der Waals surface area contributed by atoms with E-state index in [-0.39, 0.29) is 0 Å². The maximum absolute atomic E-state index is 12.8. The van der Waals surface area contributed by atoms with E-state index in [9.17, 15) is 30.4 Å². The molecule has 1 aromatic heterocycles. The van der Waals surface area contributed by atoms with Gasteiger partial charge in [0.2, 0.25) is 5.88 Å². The SMILES string of the molecule is NS(=O)(=O)c1cc(CCl)c(C(F)F)c(OC(F)(F)F)n1. The first-order valence-corrected chi connectivity index (χ1v) is 6.70. The Kier molecular flexibility index (Phi) is 4.77. The molecule has 1 aromatic rings. The van der Waals surface area contributed by atoms with Gasteiger partial charge in [0, 0.05) is 5.88 Å². The fourth-order valence-corrected chi connectivity index (χ4v) is 1.97. The van der Waals surface area contributed by atoms with Gasteiger partial charge in [-0.1, -0.05) is 0 Å². The molecule has 12 heteroatoms. The molecule has 0 aliphatic rings. The highest BCUT2D eigenvalue weighted by molar-refractivity contribution is 7.89. The number of ether oxygens (including phenoxy) is 1. The summed E-state index contributed by atoms with van der Waals surface area (Å²) in [6.07, 6.45) is -8.74. The summed E-state index contributed by atoms with van der Waals surface area (Å²) >= 11 is 5.31. The molecule has 0 aliphatic heterocycles. The zero-order valence-electron chi connectivity index (χ0n) is 9.29. The summed E-state index contributed by atoms with van der Waals surface area (Å²) in [5.74, 6) is -2.28. The minimum absolute atomic E-state index is 0.563. The molecule has 5 nitrogen and oxygen atoms in total. The van der Waals surface area contributed by atoms with Crippen LogP contribution in [0.25, 0.3) is 0 Å². The zero-order valence-corrected chi connectivity index (χ0v) is 10.9. The third kappa shape index (κ3) is 4.15. The molecule has 0 spiro atoms. The number of pyridine rings is 1. The van der Waals surface area contributed by atoms with Crippen molar-refractivity contribution in [3.05, 3.63) is 17.2 Å². The van der Waals surface area contributed by atoms with E-state index in [1.54, 1.807) is 0 Å². The van der Waals surface area contributed by atoms with Gasteiger partial charge >= 0.3 is 6.36 Å². The first-order valence-electron chi connectivity index (χ1n) is 4.62. The summed E-state index contributed by atoms with van der Waals surface area (Å²) in [6.45, 7) is 0. The fraction of sp³-hybridized carbons (Fsp3) is 0.375. The lowest BCUT2D eigenvalue weighted by Gasteiger charge is -2.15. The van der Waals surface area contributed by atoms with Gasteiger partial charge in [0.1, 0.15) is 0 Å². The van der Waals surface area contributed by atoms with Crippen LogP contribution in [0.4, 0.5) is 22.0 Å². The Hall–Kier alpha value is -1.20. The molecule has 0 saturated heterocycles. The van der Waals surface area contributed by atoms with Crippen molar-refractivity contribution < 1.29 is 35.1 Å². The lowest BCUT2D eigenvalue weighted by molar-refractivity contribution is -0.276. The number of rotatable bonds is 4. The van der Waals surface area contributed by atoms with Gasteiger partial charge in [-0.05, 0) is 11.6 Å². The first-order chi connectivity index (χ1) is 8.95. The Balaban J connectivity index is 3.58. The second-order valence-corrected chi connectivity index (χ2v) is 5.14. The smallest absolute Gasteiger partial charge is 0.387 e. The topological polar surface area (TPSA) is 82.3 Å². The number of nitrogens with two attached hydrogens (primary N) is 1. The monoisotopic (exact) mass is 340 g/mol. The van der Waals surface area contributed by atoms with Crippen molar-refractivity contribution in [3.63, 3.8) is 0 Å². The van der Waals surface area contributed by atoms with Crippen molar-refractivity contribution in [1.29, 1.82) is 0 Å². The molecule has 0 radical (unpaired) electrons. The molecule has 1 heterocycles. The number of primary sulfonamides is 1. The Bertz CT molecular complexity index is 605. The minimum atomic E-state index is -5.34. The average molecular weight is 341 g/mol. The second kappa shape index (κ2) is 5.66. The maximum atomic E-state index is 12.8. The molecular weight excluding hydrogens is 335 g/mol. The largest absolute Gasteiger partial charge is 0.574 e. The van der Waals surface area contributed by atoms with Crippen LogP contribution in [0.3, 0.4) is 0 Å². The molecule has 0 unspecified atom stereocenters. The second-order valence-electron chi connectivity index (χ2n) is 3.37. The number of sulfonamides is 1. The van der Waals surface area contributed by atoms with Crippen LogP contribution in [0.5, 0.6) is 5.88 Å². The molecule has 0 aromatic carbocycles. The Morgan fingerprint density at radius 3 is 2.30 bits per heavy atom. The summed E-state index contributed by atoms with van der Waals surface area (Å²) in [5, 5.41) is 3.62. The van der Waals surface area contributed by atoms with Gasteiger partial charge in [0.05, 0.1) is 5.56 Å². The van der Waals surface area contributed by atoms with Crippen LogP contribution in [-0.4, -0.2) is 19.8 Å². The Labute approximate surface area is 114 Å². The molecule has 0 amide bonds. The van der Waals surface area contributed by atoms with Crippen LogP contribution in [0.2, 0.25) is 0 Å². The predicted octanol–water partition coefficient (Wildman–Crippen LogP) is 2.30. The van der Waals surface area contributed by atoms with E-state index in [4.69, 9.17) is 11.6 Å². The zero-order chi connectivity index (χ0) is 15.7. The van der Waals surface area contributed by atoms with E-state index in [0.29, 0.717) is 6.07 Å². The van der Waals surface area contributed by atoms with E-state index in [2.05, 4.69) is 14.9 Å². The molecular formula is C8H6ClF5N2O3S. The number of halogens is 6. The van der Waals surface area contributed by atoms with Gasteiger partial charge in [0.15, 0.2) is 5.03 Å². The predicted molar refractivity (Wildman–Crippen MR) is 56.8 cm³/mol. The average Bonchev–Trinajstić information content (AvgIpc) is 2.23. The summed E-state index contributed by atoms with van der Waals surface area (Å²) in [6, 6.07) is 0.563. The van der Waals surface area contributed by atoms with Crippen LogP contribution in [0.15, 0.2) is 11.1 Å². The highest BCUT2D eigenvalue weighted by Crippen LogP contribution is 2.35. The van der Waals surface area contributed by atoms with Gasteiger partial charge < -0.3 is 4.74 Å². The summed E-state index contributed by atoms with van der Waals surface area (Å²) in [7, 11) is -4.52. The molecule has 114 valence electrons. The molecule has 2 N–H and O–H groups in total. The van der Waals surface area contributed by atoms with Crippen LogP contribution in [-0.2, 0) is 15.9 Å². The summed E-state index contributed by atoms with van der Waals surface area (Å²) < 4.78 is 87.3. The third-order valence-electron chi connectivity index (χ3n) is 1.95. The Morgan fingerprint density at radius 2 is 1.95 bits per heavy atom. The van der Waals surface area contributed by atoms with Gasteiger partial charge in [-0.25, -0.2) is 22.3 Å². The van der Waals surface area contributed by atoms with Crippen molar-refractivity contribution in [2.24, 2.45) is 5.14 Å². The van der Waals surface area contributed by atoms with Gasteiger partial charge in [0.25, 0.3) is 16.4 Å². The molecule has 0 saturated carbocycles. The summed E-state index contributed by atoms with van der Waals surface area (Å²) in [4.78, 5) is 2.87. The van der Waals surface area contributed by atoms with Gasteiger partial charge in [-0.3, -0.25) is 0 Å². The molecule has 0 bridgehead atoms. The summed E-state index contributed by atoms with van der Waals surface area (Å²) in [5.41, 5.74) is -1.83. The number of aromatic nitrogens is 1. The number of alkyl halides is 6. The van der Waals surface area contributed by atoms with E-state index in [1.165, 1.54) is 0 Å². The number of hydrogen-bond donors (Lipinski definition) is 1. The van der Waals surface area contributed by atoms with E-state index >= 15 is 0 Å². The Morgan fingerprint density at radius 1 is 1.40 bits per heavy atom. The number of hydrogen-bond acceptors (Lipinski definition) is 4. The van der Waals surface area contributed by atoms with E-state index in [0.717, 1.165) is 0 Å². The van der Waals surface area contributed by atoms with Crippen LogP contribution < -0.4 is 9.88 Å². The molecule has 0 atom stereocenters. The van der Waals surface area contributed by atoms with Crippen molar-refractivity contribution in [2.75, 3.05) is 0 Å². The molecule has 1 rings (SSSR count). The van der Waals surface area contributed by atoms with Crippen LogP contribution in [0, 0.1) is 0 Å². The quantitative estimate of drug-likeness (QED) is 0.673. The van der Waals surface area contributed by atoms with Crippen LogP contribution in [0.1, 0.15) is 17.6 Å². The van der Waals surface area contributed by atoms with Crippen molar-refractivity contribution in [2.45, 2.75) is 23.7 Å². The lowest BCUT2D eigenvalue weighted by atomic mass is 10.1. The molecule has 0 fully saturated rings. The minimum Gasteiger partial charge on any atom is -0.387 e. The van der Waals surface area contributed by atoms with Crippen molar-refractivity contribution in [1.82, 2.24) is 4.98 Å². The van der Waals surface area contributed by atoms with Gasteiger partial charge in [-0.2, -0.15) is 4.98 Å².